The number of hydrogen-bond acceptors (Lipinski definition) is 3. The molecule has 4 rings (SSSR count). The Balaban J connectivity index is 1.48. The van der Waals surface area contributed by atoms with E-state index in [0.717, 1.165) is 27.7 Å². The number of nitrogens with zero attached hydrogens (tertiary/aromatic N) is 2. The fraction of sp³-hybridized carbons (Fsp3) is 0.333. The highest BCUT2D eigenvalue weighted by Gasteiger charge is 2.34. The first-order chi connectivity index (χ1) is 13.0. The molecule has 27 heavy (non-hydrogen) atoms. The lowest BCUT2D eigenvalue weighted by molar-refractivity contribution is -0.129. The van der Waals surface area contributed by atoms with E-state index in [1.54, 1.807) is 23.4 Å². The molecule has 0 saturated carbocycles. The van der Waals surface area contributed by atoms with E-state index in [-0.39, 0.29) is 24.1 Å². The van der Waals surface area contributed by atoms with Crippen molar-refractivity contribution in [1.82, 2.24) is 14.9 Å². The summed E-state index contributed by atoms with van der Waals surface area (Å²) in [5.41, 5.74) is 3.62. The van der Waals surface area contributed by atoms with Gasteiger partial charge in [-0.1, -0.05) is 0 Å². The number of aliphatic hydroxyl groups excluding tert-OH is 1. The van der Waals surface area contributed by atoms with Crippen LogP contribution in [0.5, 0.6) is 0 Å². The second-order valence-corrected chi connectivity index (χ2v) is 7.28. The first-order valence-electron chi connectivity index (χ1n) is 9.12. The summed E-state index contributed by atoms with van der Waals surface area (Å²) in [5, 5.41) is 11.1. The van der Waals surface area contributed by atoms with Gasteiger partial charge in [-0.05, 0) is 54.8 Å². The second-order valence-electron chi connectivity index (χ2n) is 7.28. The number of aromatic nitrogens is 2. The number of halogens is 1. The standard InChI is InChI=1S/C21H22FN3O2/c1-13-17(18-9-16(22)2-3-19(18)24-13)10-21(27)25-11-15(20(26)12-25)8-14-4-6-23-7-5-14/h2-7,9,15,20,24,26H,8,10-12H2,1H3/t15-,20+/m1/s1. The van der Waals surface area contributed by atoms with Gasteiger partial charge in [0.25, 0.3) is 0 Å². The van der Waals surface area contributed by atoms with E-state index in [0.29, 0.717) is 19.5 Å². The number of likely N-dealkylation sites (tertiary alicyclic amines) is 1. The topological polar surface area (TPSA) is 69.2 Å². The van der Waals surface area contributed by atoms with Crippen molar-refractivity contribution >= 4 is 16.8 Å². The Kier molecular flexibility index (Phi) is 4.66. The molecule has 0 radical (unpaired) electrons. The first kappa shape index (κ1) is 17.7. The summed E-state index contributed by atoms with van der Waals surface area (Å²) in [4.78, 5) is 21.8. The molecule has 0 bridgehead atoms. The molecule has 3 aromatic rings. The highest BCUT2D eigenvalue weighted by molar-refractivity contribution is 5.90. The predicted octanol–water partition coefficient (Wildman–Crippen LogP) is 2.61. The lowest BCUT2D eigenvalue weighted by atomic mass is 9.97. The van der Waals surface area contributed by atoms with Gasteiger partial charge in [0.2, 0.25) is 5.91 Å². The van der Waals surface area contributed by atoms with Gasteiger partial charge in [0.05, 0.1) is 12.5 Å². The van der Waals surface area contributed by atoms with Gasteiger partial charge in [-0.25, -0.2) is 4.39 Å². The molecule has 0 spiro atoms. The zero-order chi connectivity index (χ0) is 19.0. The van der Waals surface area contributed by atoms with E-state index in [1.807, 2.05) is 19.1 Å². The summed E-state index contributed by atoms with van der Waals surface area (Å²) in [6.07, 6.45) is 3.84. The molecular formula is C21H22FN3O2. The van der Waals surface area contributed by atoms with Crippen molar-refractivity contribution in [2.24, 2.45) is 5.92 Å². The zero-order valence-corrected chi connectivity index (χ0v) is 15.2. The molecule has 1 amide bonds. The van der Waals surface area contributed by atoms with E-state index in [2.05, 4.69) is 9.97 Å². The fourth-order valence-electron chi connectivity index (χ4n) is 3.93. The van der Waals surface area contributed by atoms with E-state index >= 15 is 0 Å². The minimum absolute atomic E-state index is 0.0119. The summed E-state index contributed by atoms with van der Waals surface area (Å²) in [6.45, 7) is 2.76. The highest BCUT2D eigenvalue weighted by atomic mass is 19.1. The van der Waals surface area contributed by atoms with Crippen molar-refractivity contribution in [3.63, 3.8) is 0 Å². The van der Waals surface area contributed by atoms with Gasteiger partial charge < -0.3 is 15.0 Å². The van der Waals surface area contributed by atoms with Crippen LogP contribution in [-0.2, 0) is 17.6 Å². The lowest BCUT2D eigenvalue weighted by Crippen LogP contribution is -2.31. The Labute approximate surface area is 156 Å². The number of pyridine rings is 1. The van der Waals surface area contributed by atoms with Crippen LogP contribution in [0.2, 0.25) is 0 Å². The van der Waals surface area contributed by atoms with Crippen LogP contribution in [0, 0.1) is 18.7 Å². The van der Waals surface area contributed by atoms with Gasteiger partial charge in [0, 0.05) is 48.0 Å². The van der Waals surface area contributed by atoms with Crippen LogP contribution in [0.1, 0.15) is 16.8 Å². The SMILES string of the molecule is Cc1[nH]c2ccc(F)cc2c1CC(=O)N1C[C@@H](Cc2ccncc2)[C@@H](O)C1. The molecule has 3 heterocycles. The number of amides is 1. The third-order valence-corrected chi connectivity index (χ3v) is 5.42. The first-order valence-corrected chi connectivity index (χ1v) is 9.12. The molecule has 1 aliphatic rings. The van der Waals surface area contributed by atoms with Crippen LogP contribution >= 0.6 is 0 Å². The molecule has 2 atom stereocenters. The average molecular weight is 367 g/mol. The predicted molar refractivity (Wildman–Crippen MR) is 101 cm³/mol. The molecule has 1 fully saturated rings. The van der Waals surface area contributed by atoms with Gasteiger partial charge in [0.1, 0.15) is 5.82 Å². The number of carbonyl (C=O) groups is 1. The summed E-state index contributed by atoms with van der Waals surface area (Å²) >= 11 is 0. The van der Waals surface area contributed by atoms with Crippen molar-refractivity contribution in [3.05, 3.63) is 65.4 Å². The Bertz CT molecular complexity index is 970. The summed E-state index contributed by atoms with van der Waals surface area (Å²) in [7, 11) is 0. The van der Waals surface area contributed by atoms with Crippen LogP contribution in [0.4, 0.5) is 4.39 Å². The Morgan fingerprint density at radius 2 is 2.07 bits per heavy atom. The molecule has 2 N–H and O–H groups in total. The molecule has 0 unspecified atom stereocenters. The molecule has 5 nitrogen and oxygen atoms in total. The Hall–Kier alpha value is -2.73. The van der Waals surface area contributed by atoms with E-state index < -0.39 is 6.10 Å². The number of aryl methyl sites for hydroxylation is 1. The van der Waals surface area contributed by atoms with Crippen molar-refractivity contribution in [2.45, 2.75) is 25.9 Å². The third kappa shape index (κ3) is 3.57. The average Bonchev–Trinajstić information content (AvgIpc) is 3.16. The molecule has 6 heteroatoms. The molecule has 1 aliphatic heterocycles. The fourth-order valence-corrected chi connectivity index (χ4v) is 3.93. The van der Waals surface area contributed by atoms with E-state index in [4.69, 9.17) is 0 Å². The lowest BCUT2D eigenvalue weighted by Gasteiger charge is -2.16. The van der Waals surface area contributed by atoms with Crippen molar-refractivity contribution in [3.8, 4) is 0 Å². The molecule has 2 aromatic heterocycles. The third-order valence-electron chi connectivity index (χ3n) is 5.42. The van der Waals surface area contributed by atoms with E-state index in [9.17, 15) is 14.3 Å². The van der Waals surface area contributed by atoms with Crippen LogP contribution in [0.3, 0.4) is 0 Å². The number of H-pyrrole nitrogens is 1. The van der Waals surface area contributed by atoms with E-state index in [1.165, 1.54) is 12.1 Å². The Morgan fingerprint density at radius 3 is 2.85 bits per heavy atom. The zero-order valence-electron chi connectivity index (χ0n) is 15.2. The number of aromatic amines is 1. The van der Waals surface area contributed by atoms with Crippen molar-refractivity contribution < 1.29 is 14.3 Å². The van der Waals surface area contributed by atoms with Crippen LogP contribution in [0.15, 0.2) is 42.7 Å². The number of aliphatic hydroxyl groups is 1. The summed E-state index contributed by atoms with van der Waals surface area (Å²) < 4.78 is 13.6. The minimum Gasteiger partial charge on any atom is -0.391 e. The maximum Gasteiger partial charge on any atom is 0.227 e. The quantitative estimate of drug-likeness (QED) is 0.745. The smallest absolute Gasteiger partial charge is 0.227 e. The maximum atomic E-state index is 13.6. The van der Waals surface area contributed by atoms with Gasteiger partial charge >= 0.3 is 0 Å². The number of rotatable bonds is 4. The van der Waals surface area contributed by atoms with Crippen LogP contribution in [0.25, 0.3) is 10.9 Å². The largest absolute Gasteiger partial charge is 0.391 e. The maximum absolute atomic E-state index is 13.6. The number of carbonyl (C=O) groups excluding carboxylic acids is 1. The summed E-state index contributed by atoms with van der Waals surface area (Å²) in [5.74, 6) is -0.346. The van der Waals surface area contributed by atoms with Crippen LogP contribution < -0.4 is 0 Å². The normalized spacial score (nSPS) is 19.7. The number of hydrogen-bond donors (Lipinski definition) is 2. The molecule has 0 aliphatic carbocycles. The van der Waals surface area contributed by atoms with Crippen LogP contribution in [-0.4, -0.2) is 45.1 Å². The van der Waals surface area contributed by atoms with Gasteiger partial charge in [-0.3, -0.25) is 9.78 Å². The molecule has 1 aromatic carbocycles. The molecular weight excluding hydrogens is 345 g/mol. The molecule has 1 saturated heterocycles. The van der Waals surface area contributed by atoms with Gasteiger partial charge in [-0.15, -0.1) is 0 Å². The summed E-state index contributed by atoms with van der Waals surface area (Å²) in [6, 6.07) is 8.43. The van der Waals surface area contributed by atoms with Crippen molar-refractivity contribution in [1.29, 1.82) is 0 Å². The number of benzene rings is 1. The number of nitrogens with one attached hydrogen (secondary N) is 1. The van der Waals surface area contributed by atoms with Crippen molar-refractivity contribution in [2.75, 3.05) is 13.1 Å². The molecule has 140 valence electrons. The number of β-amino-alcohol motifs (C(OH)–C–C–N with tert-alkyl or cyclic N) is 1. The highest BCUT2D eigenvalue weighted by Crippen LogP contribution is 2.26. The number of fused-ring (bicyclic) bond motifs is 1. The van der Waals surface area contributed by atoms with Gasteiger partial charge in [0.15, 0.2) is 0 Å². The Morgan fingerprint density at radius 1 is 1.30 bits per heavy atom. The monoisotopic (exact) mass is 367 g/mol. The second kappa shape index (κ2) is 7.12. The van der Waals surface area contributed by atoms with Gasteiger partial charge in [-0.2, -0.15) is 0 Å². The minimum atomic E-state index is -0.538.